The average Bonchev–Trinajstić information content (AvgIpc) is 3.01. The molecule has 0 fully saturated rings. The Labute approximate surface area is 159 Å². The molecule has 0 radical (unpaired) electrons. The fourth-order valence-electron chi connectivity index (χ4n) is 2.17. The number of nitrogens with one attached hydrogen (secondary N) is 1. The number of carbonyl (C=O) groups is 1. The van der Waals surface area contributed by atoms with Gasteiger partial charge in [0.2, 0.25) is 11.1 Å². The number of hydrogen-bond acceptors (Lipinski definition) is 6. The van der Waals surface area contributed by atoms with Gasteiger partial charge in [0, 0.05) is 5.69 Å². The lowest BCUT2D eigenvalue weighted by Crippen LogP contribution is -2.18. The Balaban J connectivity index is 1.53. The summed E-state index contributed by atoms with van der Waals surface area (Å²) in [5.41, 5.74) is 1.84. The van der Waals surface area contributed by atoms with Crippen LogP contribution in [-0.2, 0) is 11.4 Å². The van der Waals surface area contributed by atoms with Crippen LogP contribution in [0.25, 0.3) is 0 Å². The van der Waals surface area contributed by atoms with Gasteiger partial charge in [0.05, 0.1) is 5.75 Å². The third-order valence-electron chi connectivity index (χ3n) is 3.60. The highest BCUT2D eigenvalue weighted by Gasteiger charge is 2.13. The zero-order valence-corrected chi connectivity index (χ0v) is 15.4. The summed E-state index contributed by atoms with van der Waals surface area (Å²) < 4.78 is 20.2. The molecule has 0 saturated heterocycles. The first kappa shape index (κ1) is 18.7. The molecule has 3 rings (SSSR count). The van der Waals surface area contributed by atoms with Crippen LogP contribution in [0.4, 0.5) is 10.1 Å². The Hall–Kier alpha value is -3.07. The van der Waals surface area contributed by atoms with Crippen molar-refractivity contribution in [2.45, 2.75) is 18.7 Å². The van der Waals surface area contributed by atoms with Gasteiger partial charge in [0.25, 0.3) is 0 Å². The molecule has 0 atom stereocenters. The van der Waals surface area contributed by atoms with Gasteiger partial charge in [-0.05, 0) is 31.2 Å². The zero-order chi connectivity index (χ0) is 19.2. The van der Waals surface area contributed by atoms with Gasteiger partial charge < -0.3 is 15.9 Å². The van der Waals surface area contributed by atoms with Crippen molar-refractivity contribution in [3.63, 3.8) is 0 Å². The largest absolute Gasteiger partial charge is 0.482 e. The summed E-state index contributed by atoms with van der Waals surface area (Å²) in [5, 5.41) is 11.0. The Bertz CT molecular complexity index is 930. The second kappa shape index (κ2) is 8.54. The number of nitrogens with zero attached hydrogens (tertiary/aromatic N) is 3. The van der Waals surface area contributed by atoms with Crippen LogP contribution in [0.2, 0.25) is 0 Å². The lowest BCUT2D eigenvalue weighted by Gasteiger charge is -2.07. The van der Waals surface area contributed by atoms with Crippen molar-refractivity contribution in [3.05, 3.63) is 65.7 Å². The van der Waals surface area contributed by atoms with Crippen molar-refractivity contribution in [2.24, 2.45) is 0 Å². The predicted octanol–water partition coefficient (Wildman–Crippen LogP) is 2.75. The molecule has 0 saturated carbocycles. The lowest BCUT2D eigenvalue weighted by atomic mass is 10.2. The van der Waals surface area contributed by atoms with Gasteiger partial charge in [-0.15, -0.1) is 10.2 Å². The fraction of sp³-hybridized carbons (Fsp3) is 0.167. The summed E-state index contributed by atoms with van der Waals surface area (Å²) in [6.45, 7) is 1.93. The van der Waals surface area contributed by atoms with Gasteiger partial charge in [-0.1, -0.05) is 41.6 Å². The van der Waals surface area contributed by atoms with E-state index in [1.807, 2.05) is 31.2 Å². The second-order valence-electron chi connectivity index (χ2n) is 5.69. The maximum absolute atomic E-state index is 13.6. The van der Waals surface area contributed by atoms with Crippen molar-refractivity contribution in [2.75, 3.05) is 16.9 Å². The van der Waals surface area contributed by atoms with Crippen molar-refractivity contribution in [1.29, 1.82) is 0 Å². The first-order valence-electron chi connectivity index (χ1n) is 8.09. The molecular weight excluding hydrogens is 369 g/mol. The number of nitrogens with two attached hydrogens (primary N) is 1. The van der Waals surface area contributed by atoms with Crippen LogP contribution in [-0.4, -0.2) is 26.5 Å². The number of ether oxygens (including phenoxy) is 1. The van der Waals surface area contributed by atoms with E-state index >= 15 is 0 Å². The molecule has 0 aliphatic heterocycles. The SMILES string of the molecule is Cc1ccc(NC(=O)CSc2nnc(COc3ccccc3F)n2N)cc1. The number of halogens is 1. The monoisotopic (exact) mass is 387 g/mol. The molecule has 0 aliphatic rings. The van der Waals surface area contributed by atoms with Crippen LogP contribution >= 0.6 is 11.8 Å². The predicted molar refractivity (Wildman–Crippen MR) is 101 cm³/mol. The van der Waals surface area contributed by atoms with Gasteiger partial charge in [0.15, 0.2) is 17.4 Å². The number of carbonyl (C=O) groups excluding carboxylic acids is 1. The normalized spacial score (nSPS) is 10.6. The van der Waals surface area contributed by atoms with Crippen molar-refractivity contribution in [3.8, 4) is 5.75 Å². The van der Waals surface area contributed by atoms with E-state index in [-0.39, 0.29) is 24.0 Å². The molecule has 3 aromatic rings. The first-order chi connectivity index (χ1) is 13.0. The minimum atomic E-state index is -0.469. The van der Waals surface area contributed by atoms with E-state index in [1.165, 1.54) is 16.8 Å². The van der Waals surface area contributed by atoms with Crippen LogP contribution in [0.3, 0.4) is 0 Å². The fourth-order valence-corrected chi connectivity index (χ4v) is 2.85. The first-order valence-corrected chi connectivity index (χ1v) is 9.07. The van der Waals surface area contributed by atoms with Crippen LogP contribution in [0.5, 0.6) is 5.75 Å². The van der Waals surface area contributed by atoms with E-state index in [2.05, 4.69) is 15.5 Å². The molecule has 140 valence electrons. The number of aromatic nitrogens is 3. The summed E-state index contributed by atoms with van der Waals surface area (Å²) in [4.78, 5) is 12.0. The van der Waals surface area contributed by atoms with Crippen LogP contribution < -0.4 is 15.9 Å². The Morgan fingerprint density at radius 3 is 2.70 bits per heavy atom. The molecule has 0 bridgehead atoms. The molecule has 3 N–H and O–H groups in total. The number of rotatable bonds is 7. The van der Waals surface area contributed by atoms with Gasteiger partial charge in [0.1, 0.15) is 6.61 Å². The third kappa shape index (κ3) is 4.98. The maximum Gasteiger partial charge on any atom is 0.234 e. The lowest BCUT2D eigenvalue weighted by molar-refractivity contribution is -0.113. The summed E-state index contributed by atoms with van der Waals surface area (Å²) in [6.07, 6.45) is 0. The number of benzene rings is 2. The Morgan fingerprint density at radius 1 is 1.22 bits per heavy atom. The highest BCUT2D eigenvalue weighted by atomic mass is 32.2. The molecule has 27 heavy (non-hydrogen) atoms. The van der Waals surface area contributed by atoms with Crippen molar-refractivity contribution in [1.82, 2.24) is 14.9 Å². The van der Waals surface area contributed by atoms with E-state index in [1.54, 1.807) is 12.1 Å². The summed E-state index contributed by atoms with van der Waals surface area (Å²) >= 11 is 1.15. The summed E-state index contributed by atoms with van der Waals surface area (Å²) in [6, 6.07) is 13.6. The molecule has 1 amide bonds. The molecule has 2 aromatic carbocycles. The molecule has 1 aromatic heterocycles. The molecule has 0 aliphatic carbocycles. The second-order valence-corrected chi connectivity index (χ2v) is 6.63. The molecule has 7 nitrogen and oxygen atoms in total. The van der Waals surface area contributed by atoms with Gasteiger partial charge in [-0.2, -0.15) is 0 Å². The van der Waals surface area contributed by atoms with Gasteiger partial charge in [-0.25, -0.2) is 9.07 Å². The highest BCUT2D eigenvalue weighted by molar-refractivity contribution is 7.99. The minimum Gasteiger partial charge on any atom is -0.482 e. The van der Waals surface area contributed by atoms with Crippen LogP contribution in [0.15, 0.2) is 53.7 Å². The van der Waals surface area contributed by atoms with E-state index < -0.39 is 5.82 Å². The zero-order valence-electron chi connectivity index (χ0n) is 14.6. The van der Waals surface area contributed by atoms with Crippen LogP contribution in [0.1, 0.15) is 11.4 Å². The standard InChI is InChI=1S/C18H18FN5O2S/c1-12-6-8-13(9-7-12)21-17(25)11-27-18-23-22-16(24(18)20)10-26-15-5-3-2-4-14(15)19/h2-9H,10-11,20H2,1H3,(H,21,25). The van der Waals surface area contributed by atoms with Crippen LogP contribution in [0, 0.1) is 12.7 Å². The topological polar surface area (TPSA) is 95.1 Å². The molecule has 0 spiro atoms. The van der Waals surface area contributed by atoms with Crippen molar-refractivity contribution >= 4 is 23.4 Å². The number of amides is 1. The van der Waals surface area contributed by atoms with E-state index in [4.69, 9.17) is 10.6 Å². The average molecular weight is 387 g/mol. The Morgan fingerprint density at radius 2 is 1.96 bits per heavy atom. The third-order valence-corrected chi connectivity index (χ3v) is 4.54. The number of aryl methyl sites for hydroxylation is 1. The quantitative estimate of drug-likeness (QED) is 0.478. The number of anilines is 1. The van der Waals surface area contributed by atoms with E-state index in [9.17, 15) is 9.18 Å². The minimum absolute atomic E-state index is 0.0411. The smallest absolute Gasteiger partial charge is 0.234 e. The molecule has 9 heteroatoms. The maximum atomic E-state index is 13.6. The molecular formula is C18H18FN5O2S. The van der Waals surface area contributed by atoms with Gasteiger partial charge in [-0.3, -0.25) is 4.79 Å². The molecule has 1 heterocycles. The summed E-state index contributed by atoms with van der Waals surface area (Å²) in [5.74, 6) is 5.82. The summed E-state index contributed by atoms with van der Waals surface area (Å²) in [7, 11) is 0. The highest BCUT2D eigenvalue weighted by Crippen LogP contribution is 2.19. The molecule has 0 unspecified atom stereocenters. The number of para-hydroxylation sites is 1. The van der Waals surface area contributed by atoms with E-state index in [0.717, 1.165) is 23.0 Å². The van der Waals surface area contributed by atoms with Gasteiger partial charge >= 0.3 is 0 Å². The number of nitrogen functional groups attached to an aromatic ring is 1. The van der Waals surface area contributed by atoms with Crippen molar-refractivity contribution < 1.29 is 13.9 Å². The number of hydrogen-bond donors (Lipinski definition) is 2. The number of thioether (sulfide) groups is 1. The Kier molecular flexibility index (Phi) is 5.92. The van der Waals surface area contributed by atoms with E-state index in [0.29, 0.717) is 11.0 Å².